The molecule has 0 aliphatic rings. The van der Waals surface area contributed by atoms with Crippen molar-refractivity contribution in [3.8, 4) is 0 Å². The maximum atomic E-state index is 11.7. The Kier molecular flexibility index (Phi) is 6.07. The quantitative estimate of drug-likeness (QED) is 0.757. The summed E-state index contributed by atoms with van der Waals surface area (Å²) in [5.41, 5.74) is 1.90. The zero-order chi connectivity index (χ0) is 15.2. The average molecular weight is 295 g/mol. The van der Waals surface area contributed by atoms with E-state index >= 15 is 0 Å². The van der Waals surface area contributed by atoms with Gasteiger partial charge in [0.2, 0.25) is 5.91 Å². The van der Waals surface area contributed by atoms with Crippen LogP contribution in [0.15, 0.2) is 24.3 Å². The molecule has 1 aromatic rings. The highest BCUT2D eigenvalue weighted by atomic mass is 32.2. The minimum Gasteiger partial charge on any atom is -0.480 e. The summed E-state index contributed by atoms with van der Waals surface area (Å²) >= 11 is 1.36. The molecular weight excluding hydrogens is 274 g/mol. The van der Waals surface area contributed by atoms with E-state index in [1.807, 2.05) is 31.2 Å². The first-order chi connectivity index (χ1) is 9.31. The number of benzene rings is 1. The van der Waals surface area contributed by atoms with E-state index in [2.05, 4.69) is 5.32 Å². The number of carbonyl (C=O) groups is 2. The van der Waals surface area contributed by atoms with E-state index in [0.717, 1.165) is 11.3 Å². The first kappa shape index (κ1) is 16.6. The largest absolute Gasteiger partial charge is 0.480 e. The Morgan fingerprint density at radius 2 is 2.05 bits per heavy atom. The molecule has 20 heavy (non-hydrogen) atoms. The van der Waals surface area contributed by atoms with E-state index in [1.54, 1.807) is 13.8 Å². The van der Waals surface area contributed by atoms with Crippen LogP contribution in [0.3, 0.4) is 0 Å². The Bertz CT molecular complexity index is 486. The van der Waals surface area contributed by atoms with Crippen molar-refractivity contribution in [2.45, 2.75) is 38.4 Å². The van der Waals surface area contributed by atoms with Crippen molar-refractivity contribution in [2.24, 2.45) is 0 Å². The van der Waals surface area contributed by atoms with Crippen LogP contribution in [0.25, 0.3) is 0 Å². The third kappa shape index (κ3) is 5.65. The summed E-state index contributed by atoms with van der Waals surface area (Å²) in [7, 11) is 0. The molecule has 0 radical (unpaired) electrons. The Labute approximate surface area is 124 Å². The van der Waals surface area contributed by atoms with Gasteiger partial charge in [0.05, 0.1) is 0 Å². The molecule has 0 aliphatic carbocycles. The normalized spacial score (nSPS) is 11.2. The molecule has 110 valence electrons. The number of amides is 1. The third-order valence-electron chi connectivity index (χ3n) is 2.83. The minimum atomic E-state index is -0.827. The highest BCUT2D eigenvalue weighted by Gasteiger charge is 2.27. The zero-order valence-corrected chi connectivity index (χ0v) is 12.9. The molecule has 0 bridgehead atoms. The summed E-state index contributed by atoms with van der Waals surface area (Å²) in [6.45, 7) is 5.32. The molecule has 1 amide bonds. The standard InChI is InChI=1S/C15H21NO3S/c1-11-6-4-7-12(10-11)16-13(17)8-5-9-20-15(2,3)14(18)19/h4,6-7,10H,5,8-9H2,1-3H3,(H,16,17)(H,18,19). The predicted molar refractivity (Wildman–Crippen MR) is 83.2 cm³/mol. The van der Waals surface area contributed by atoms with Gasteiger partial charge in [-0.1, -0.05) is 12.1 Å². The number of aliphatic carboxylic acids is 1. The summed E-state index contributed by atoms with van der Waals surface area (Å²) in [5, 5.41) is 11.8. The average Bonchev–Trinajstić information content (AvgIpc) is 2.34. The van der Waals surface area contributed by atoms with E-state index in [-0.39, 0.29) is 5.91 Å². The summed E-state index contributed by atoms with van der Waals surface area (Å²) in [4.78, 5) is 22.7. The van der Waals surface area contributed by atoms with Crippen LogP contribution in [-0.4, -0.2) is 27.5 Å². The zero-order valence-electron chi connectivity index (χ0n) is 12.1. The Hall–Kier alpha value is -1.49. The molecular formula is C15H21NO3S. The van der Waals surface area contributed by atoms with Crippen LogP contribution >= 0.6 is 11.8 Å². The van der Waals surface area contributed by atoms with Crippen molar-refractivity contribution in [3.63, 3.8) is 0 Å². The SMILES string of the molecule is Cc1cccc(NC(=O)CCCSC(C)(C)C(=O)O)c1. The van der Waals surface area contributed by atoms with Crippen molar-refractivity contribution < 1.29 is 14.7 Å². The van der Waals surface area contributed by atoms with Gasteiger partial charge in [0.1, 0.15) is 4.75 Å². The number of nitrogens with one attached hydrogen (secondary N) is 1. The molecule has 4 nitrogen and oxygen atoms in total. The number of rotatable bonds is 7. The highest BCUT2D eigenvalue weighted by molar-refractivity contribution is 8.01. The summed E-state index contributed by atoms with van der Waals surface area (Å²) < 4.78 is -0.799. The number of hydrogen-bond donors (Lipinski definition) is 2. The maximum Gasteiger partial charge on any atom is 0.319 e. The topological polar surface area (TPSA) is 66.4 Å². The van der Waals surface area contributed by atoms with E-state index < -0.39 is 10.7 Å². The van der Waals surface area contributed by atoms with E-state index in [0.29, 0.717) is 18.6 Å². The van der Waals surface area contributed by atoms with Gasteiger partial charge in [0.25, 0.3) is 0 Å². The van der Waals surface area contributed by atoms with Gasteiger partial charge in [-0.25, -0.2) is 0 Å². The lowest BCUT2D eigenvalue weighted by atomic mass is 10.2. The molecule has 0 aliphatic heterocycles. The molecule has 1 aromatic carbocycles. The summed E-state index contributed by atoms with van der Waals surface area (Å²) in [6.07, 6.45) is 1.07. The van der Waals surface area contributed by atoms with Crippen LogP contribution in [0, 0.1) is 6.92 Å². The number of aryl methyl sites for hydroxylation is 1. The first-order valence-electron chi connectivity index (χ1n) is 6.55. The number of hydrogen-bond acceptors (Lipinski definition) is 3. The van der Waals surface area contributed by atoms with E-state index in [1.165, 1.54) is 11.8 Å². The van der Waals surface area contributed by atoms with Crippen molar-refractivity contribution in [3.05, 3.63) is 29.8 Å². The molecule has 0 aromatic heterocycles. The van der Waals surface area contributed by atoms with Crippen LogP contribution < -0.4 is 5.32 Å². The fourth-order valence-corrected chi connectivity index (χ4v) is 2.49. The fraction of sp³-hybridized carbons (Fsp3) is 0.467. The second-order valence-electron chi connectivity index (χ2n) is 5.19. The molecule has 0 fully saturated rings. The number of anilines is 1. The second-order valence-corrected chi connectivity index (χ2v) is 6.90. The smallest absolute Gasteiger partial charge is 0.319 e. The Morgan fingerprint density at radius 3 is 2.65 bits per heavy atom. The molecule has 0 atom stereocenters. The number of carboxylic acid groups (broad SMARTS) is 1. The van der Waals surface area contributed by atoms with E-state index in [4.69, 9.17) is 5.11 Å². The third-order valence-corrected chi connectivity index (χ3v) is 4.22. The molecule has 0 saturated carbocycles. The molecule has 2 N–H and O–H groups in total. The van der Waals surface area contributed by atoms with Gasteiger partial charge < -0.3 is 10.4 Å². The second kappa shape index (κ2) is 7.33. The van der Waals surface area contributed by atoms with Crippen LogP contribution in [0.5, 0.6) is 0 Å². The molecule has 0 heterocycles. The molecule has 0 saturated heterocycles. The maximum absolute atomic E-state index is 11.7. The van der Waals surface area contributed by atoms with Gasteiger partial charge >= 0.3 is 5.97 Å². The first-order valence-corrected chi connectivity index (χ1v) is 7.54. The monoisotopic (exact) mass is 295 g/mol. The minimum absolute atomic E-state index is 0.0377. The Morgan fingerprint density at radius 1 is 1.35 bits per heavy atom. The van der Waals surface area contributed by atoms with Gasteiger partial charge in [-0.3, -0.25) is 9.59 Å². The molecule has 5 heteroatoms. The van der Waals surface area contributed by atoms with Crippen LogP contribution in [0.1, 0.15) is 32.3 Å². The molecule has 0 unspecified atom stereocenters. The van der Waals surface area contributed by atoms with Crippen molar-refractivity contribution in [2.75, 3.05) is 11.1 Å². The summed E-state index contributed by atoms with van der Waals surface area (Å²) in [6, 6.07) is 7.64. The number of carbonyl (C=O) groups excluding carboxylic acids is 1. The number of carboxylic acids is 1. The lowest BCUT2D eigenvalue weighted by Crippen LogP contribution is -2.27. The van der Waals surface area contributed by atoms with Crippen molar-refractivity contribution in [1.82, 2.24) is 0 Å². The van der Waals surface area contributed by atoms with Gasteiger partial charge in [-0.05, 0) is 50.6 Å². The van der Waals surface area contributed by atoms with Crippen LogP contribution in [-0.2, 0) is 9.59 Å². The van der Waals surface area contributed by atoms with Gasteiger partial charge in [0, 0.05) is 12.1 Å². The van der Waals surface area contributed by atoms with Gasteiger partial charge in [-0.15, -0.1) is 11.8 Å². The van der Waals surface area contributed by atoms with E-state index in [9.17, 15) is 9.59 Å². The fourth-order valence-electron chi connectivity index (χ4n) is 1.57. The summed E-state index contributed by atoms with van der Waals surface area (Å²) in [5.74, 6) is -0.211. The van der Waals surface area contributed by atoms with Crippen molar-refractivity contribution >= 4 is 29.3 Å². The molecule has 1 rings (SSSR count). The van der Waals surface area contributed by atoms with Crippen molar-refractivity contribution in [1.29, 1.82) is 0 Å². The predicted octanol–water partition coefficient (Wildman–Crippen LogP) is 3.31. The van der Waals surface area contributed by atoms with Crippen LogP contribution in [0.4, 0.5) is 5.69 Å². The lowest BCUT2D eigenvalue weighted by Gasteiger charge is -2.17. The number of thioether (sulfide) groups is 1. The van der Waals surface area contributed by atoms with Crippen LogP contribution in [0.2, 0.25) is 0 Å². The Balaban J connectivity index is 2.29. The van der Waals surface area contributed by atoms with Gasteiger partial charge in [-0.2, -0.15) is 0 Å². The lowest BCUT2D eigenvalue weighted by molar-refractivity contribution is -0.138. The molecule has 0 spiro atoms. The highest BCUT2D eigenvalue weighted by Crippen LogP contribution is 2.25. The van der Waals surface area contributed by atoms with Gasteiger partial charge in [0.15, 0.2) is 0 Å².